The minimum absolute atomic E-state index is 0.0172. The van der Waals surface area contributed by atoms with E-state index in [1.165, 1.54) is 18.2 Å². The maximum Gasteiger partial charge on any atom is 0.416 e. The van der Waals surface area contributed by atoms with Crippen LogP contribution in [-0.2, 0) is 20.4 Å². The molecule has 1 amide bonds. The molecule has 0 spiro atoms. The third kappa shape index (κ3) is 5.72. The summed E-state index contributed by atoms with van der Waals surface area (Å²) in [5.41, 5.74) is -0.863. The van der Waals surface area contributed by atoms with Crippen molar-refractivity contribution in [1.29, 1.82) is 0 Å². The first kappa shape index (κ1) is 23.0. The summed E-state index contributed by atoms with van der Waals surface area (Å²) < 4.78 is 49.5. The van der Waals surface area contributed by atoms with E-state index in [0.717, 1.165) is 24.3 Å². The zero-order valence-corrected chi connectivity index (χ0v) is 16.6. The molecule has 0 unspecified atom stereocenters. The van der Waals surface area contributed by atoms with Crippen LogP contribution in [0.15, 0.2) is 42.5 Å². The number of nitro groups is 1. The molecule has 2 aromatic carbocycles. The number of nitro benzene ring substituents is 1. The summed E-state index contributed by atoms with van der Waals surface area (Å²) in [7, 11) is 0. The van der Waals surface area contributed by atoms with Gasteiger partial charge in [0.15, 0.2) is 6.61 Å². The number of halogens is 3. The smallest absolute Gasteiger partial charge is 0.416 e. The average molecular weight is 453 g/mol. The fourth-order valence-corrected chi connectivity index (χ4v) is 3.01. The second-order valence-corrected chi connectivity index (χ2v) is 6.76. The normalized spacial score (nSPS) is 14.0. The van der Waals surface area contributed by atoms with Crippen LogP contribution in [0.4, 0.5) is 30.2 Å². The number of nitrogens with one attached hydrogen (secondary N) is 1. The van der Waals surface area contributed by atoms with Crippen molar-refractivity contribution in [3.63, 3.8) is 0 Å². The maximum atomic E-state index is 13.1. The Bertz CT molecular complexity index is 1000. The number of alkyl halides is 3. The van der Waals surface area contributed by atoms with Gasteiger partial charge in [0.1, 0.15) is 0 Å². The first-order valence-corrected chi connectivity index (χ1v) is 9.40. The van der Waals surface area contributed by atoms with Gasteiger partial charge in [0, 0.05) is 25.2 Å². The Morgan fingerprint density at radius 1 is 1.12 bits per heavy atom. The number of amides is 1. The molecule has 1 heterocycles. The fraction of sp³-hybridized carbons (Fsp3) is 0.300. The van der Waals surface area contributed by atoms with Crippen molar-refractivity contribution in [1.82, 2.24) is 0 Å². The van der Waals surface area contributed by atoms with Gasteiger partial charge in [-0.2, -0.15) is 13.2 Å². The molecule has 0 radical (unpaired) electrons. The van der Waals surface area contributed by atoms with Crippen LogP contribution in [-0.4, -0.2) is 49.7 Å². The first-order chi connectivity index (χ1) is 15.1. The van der Waals surface area contributed by atoms with Crippen LogP contribution in [0.25, 0.3) is 0 Å². The van der Waals surface area contributed by atoms with Gasteiger partial charge in [-0.15, -0.1) is 0 Å². The SMILES string of the molecule is O=C(COC(=O)c1ccc([N+](=O)[O-])cc1)Nc1cc(C(F)(F)F)ccc1N1CCOCC1. The Morgan fingerprint density at radius 2 is 1.78 bits per heavy atom. The lowest BCUT2D eigenvalue weighted by molar-refractivity contribution is -0.384. The van der Waals surface area contributed by atoms with Crippen LogP contribution < -0.4 is 10.2 Å². The van der Waals surface area contributed by atoms with Gasteiger partial charge in [-0.05, 0) is 30.3 Å². The molecule has 9 nitrogen and oxygen atoms in total. The number of non-ortho nitro benzene ring substituents is 1. The number of carbonyl (C=O) groups is 2. The summed E-state index contributed by atoms with van der Waals surface area (Å²) in [5.74, 6) is -1.75. The molecule has 1 N–H and O–H groups in total. The van der Waals surface area contributed by atoms with Gasteiger partial charge in [-0.1, -0.05) is 0 Å². The second kappa shape index (κ2) is 9.64. The number of rotatable bonds is 6. The topological polar surface area (TPSA) is 111 Å². The van der Waals surface area contributed by atoms with Crippen molar-refractivity contribution in [3.8, 4) is 0 Å². The number of benzene rings is 2. The fourth-order valence-electron chi connectivity index (χ4n) is 3.01. The highest BCUT2D eigenvalue weighted by molar-refractivity contribution is 5.97. The summed E-state index contributed by atoms with van der Waals surface area (Å²) >= 11 is 0. The van der Waals surface area contributed by atoms with Crippen molar-refractivity contribution in [2.45, 2.75) is 6.18 Å². The molecule has 2 aromatic rings. The number of esters is 1. The standard InChI is InChI=1S/C20H18F3N3O6/c21-20(22,23)14-3-6-17(25-7-9-31-10-8-25)16(11-14)24-18(27)12-32-19(28)13-1-4-15(5-2-13)26(29)30/h1-6,11H,7-10,12H2,(H,24,27). The molecule has 0 atom stereocenters. The first-order valence-electron chi connectivity index (χ1n) is 9.40. The van der Waals surface area contributed by atoms with E-state index in [9.17, 15) is 32.9 Å². The maximum absolute atomic E-state index is 13.1. The van der Waals surface area contributed by atoms with Gasteiger partial charge < -0.3 is 19.7 Å². The van der Waals surface area contributed by atoms with Crippen LogP contribution in [0.5, 0.6) is 0 Å². The summed E-state index contributed by atoms with van der Waals surface area (Å²) in [5, 5.41) is 13.0. The summed E-state index contributed by atoms with van der Waals surface area (Å²) in [6.45, 7) is 0.893. The predicted molar refractivity (Wildman–Crippen MR) is 106 cm³/mol. The third-order valence-corrected chi connectivity index (χ3v) is 4.60. The highest BCUT2D eigenvalue weighted by Gasteiger charge is 2.32. The molecular weight excluding hydrogens is 435 g/mol. The minimum atomic E-state index is -4.61. The van der Waals surface area contributed by atoms with E-state index in [1.54, 1.807) is 4.90 Å². The molecule has 0 saturated carbocycles. The van der Waals surface area contributed by atoms with E-state index in [1.807, 2.05) is 0 Å². The van der Waals surface area contributed by atoms with Gasteiger partial charge in [0.05, 0.1) is 40.6 Å². The number of carbonyl (C=O) groups excluding carboxylic acids is 2. The van der Waals surface area contributed by atoms with Crippen molar-refractivity contribution < 1.29 is 37.2 Å². The lowest BCUT2D eigenvalue weighted by Crippen LogP contribution is -2.37. The van der Waals surface area contributed by atoms with Crippen LogP contribution in [0.2, 0.25) is 0 Å². The molecule has 12 heteroatoms. The van der Waals surface area contributed by atoms with E-state index in [-0.39, 0.29) is 16.9 Å². The minimum Gasteiger partial charge on any atom is -0.452 e. The Balaban J connectivity index is 1.69. The number of hydrogen-bond acceptors (Lipinski definition) is 7. The van der Waals surface area contributed by atoms with Gasteiger partial charge in [-0.3, -0.25) is 14.9 Å². The molecule has 1 aliphatic rings. The summed E-state index contributed by atoms with van der Waals surface area (Å²) in [6.07, 6.45) is -4.61. The second-order valence-electron chi connectivity index (χ2n) is 6.76. The molecule has 1 saturated heterocycles. The number of hydrogen-bond donors (Lipinski definition) is 1. The van der Waals surface area contributed by atoms with Crippen LogP contribution >= 0.6 is 0 Å². The number of ether oxygens (including phenoxy) is 2. The van der Waals surface area contributed by atoms with Gasteiger partial charge in [-0.25, -0.2) is 4.79 Å². The predicted octanol–water partition coefficient (Wildman–Crippen LogP) is 3.25. The monoisotopic (exact) mass is 453 g/mol. The number of anilines is 2. The van der Waals surface area contributed by atoms with Crippen LogP contribution in [0.3, 0.4) is 0 Å². The summed E-state index contributed by atoms with van der Waals surface area (Å²) in [4.78, 5) is 36.1. The lowest BCUT2D eigenvalue weighted by atomic mass is 10.1. The Hall–Kier alpha value is -3.67. The van der Waals surface area contributed by atoms with Gasteiger partial charge in [0.25, 0.3) is 11.6 Å². The van der Waals surface area contributed by atoms with Crippen molar-refractivity contribution in [3.05, 3.63) is 63.7 Å². The molecule has 32 heavy (non-hydrogen) atoms. The molecule has 1 fully saturated rings. The summed E-state index contributed by atoms with van der Waals surface area (Å²) in [6, 6.07) is 7.56. The molecule has 3 rings (SSSR count). The lowest BCUT2D eigenvalue weighted by Gasteiger charge is -2.31. The Labute approximate surface area is 179 Å². The number of nitrogens with zero attached hydrogens (tertiary/aromatic N) is 2. The van der Waals surface area contributed by atoms with E-state index in [0.29, 0.717) is 32.0 Å². The zero-order chi connectivity index (χ0) is 23.3. The van der Waals surface area contributed by atoms with Crippen molar-refractivity contribution >= 4 is 28.9 Å². The van der Waals surface area contributed by atoms with Crippen LogP contribution in [0.1, 0.15) is 15.9 Å². The zero-order valence-electron chi connectivity index (χ0n) is 16.6. The molecule has 0 bridgehead atoms. The van der Waals surface area contributed by atoms with E-state index in [2.05, 4.69) is 5.32 Å². The Morgan fingerprint density at radius 3 is 2.38 bits per heavy atom. The quantitative estimate of drug-likeness (QED) is 0.406. The largest absolute Gasteiger partial charge is 0.452 e. The average Bonchev–Trinajstić information content (AvgIpc) is 2.77. The highest BCUT2D eigenvalue weighted by atomic mass is 19.4. The van der Waals surface area contributed by atoms with Crippen molar-refractivity contribution in [2.24, 2.45) is 0 Å². The molecular formula is C20H18F3N3O6. The molecule has 170 valence electrons. The van der Waals surface area contributed by atoms with E-state index in [4.69, 9.17) is 9.47 Å². The molecule has 0 aliphatic carbocycles. The van der Waals surface area contributed by atoms with Crippen molar-refractivity contribution in [2.75, 3.05) is 43.1 Å². The molecule has 1 aliphatic heterocycles. The third-order valence-electron chi connectivity index (χ3n) is 4.60. The van der Waals surface area contributed by atoms with Gasteiger partial charge >= 0.3 is 12.1 Å². The van der Waals surface area contributed by atoms with Crippen LogP contribution in [0, 0.1) is 10.1 Å². The van der Waals surface area contributed by atoms with Gasteiger partial charge in [0.2, 0.25) is 0 Å². The van der Waals surface area contributed by atoms with E-state index >= 15 is 0 Å². The van der Waals surface area contributed by atoms with E-state index < -0.39 is 35.1 Å². The number of morpholine rings is 1. The molecule has 0 aromatic heterocycles. The Kier molecular flexibility index (Phi) is 6.93. The highest BCUT2D eigenvalue weighted by Crippen LogP contribution is 2.35.